The van der Waals surface area contributed by atoms with E-state index in [0.717, 1.165) is 37.7 Å². The second kappa shape index (κ2) is 17.1. The van der Waals surface area contributed by atoms with Crippen LogP contribution in [0, 0.1) is 0 Å². The monoisotopic (exact) mass is 774 g/mol. The van der Waals surface area contributed by atoms with Crippen molar-refractivity contribution in [1.82, 2.24) is 9.97 Å². The van der Waals surface area contributed by atoms with Gasteiger partial charge in [-0.2, -0.15) is 65.9 Å². The molecule has 1 unspecified atom stereocenters. The highest BCUT2D eigenvalue weighted by Gasteiger charge is 2.85. The topological polar surface area (TPSA) is 62.7 Å². The summed E-state index contributed by atoms with van der Waals surface area (Å²) in [6.45, 7) is -2.72. The maximum absolute atomic E-state index is 14.1. The zero-order valence-electron chi connectivity index (χ0n) is 26.2. The summed E-state index contributed by atoms with van der Waals surface area (Å²) in [5, 5.41) is 0. The molecule has 0 aliphatic carbocycles. The van der Waals surface area contributed by atoms with Gasteiger partial charge < -0.3 is 9.47 Å². The van der Waals surface area contributed by atoms with Crippen LogP contribution in [0.2, 0.25) is 0 Å². The standard InChI is InChI=1S/C29H30F16N2O4/c1-2-3-4-5-6-7-8-18-13-46-22(47-14-18)19-9-11-21(12-10-19)49-16-20(30)15-48-17-23(31,32)50-28(42,43)29(44,45)51-27(40,41)25(35,36)24(33,34)26(37,38)39/h9-14,20H,2-8,15-17H2,1H3. The Morgan fingerprint density at radius 3 is 1.71 bits per heavy atom. The molecule has 0 aliphatic heterocycles. The summed E-state index contributed by atoms with van der Waals surface area (Å²) in [5.74, 6) is -15.4. The van der Waals surface area contributed by atoms with Crippen molar-refractivity contribution >= 4 is 0 Å². The lowest BCUT2D eigenvalue weighted by atomic mass is 10.1. The number of aromatic nitrogens is 2. The Hall–Kier alpha value is -3.14. The first kappa shape index (κ1) is 44.0. The quantitative estimate of drug-likeness (QED) is 0.0877. The van der Waals surface area contributed by atoms with Gasteiger partial charge in [-0.25, -0.2) is 23.8 Å². The second-order valence-corrected chi connectivity index (χ2v) is 10.9. The molecular weight excluding hydrogens is 744 g/mol. The van der Waals surface area contributed by atoms with Crippen LogP contribution < -0.4 is 4.74 Å². The summed E-state index contributed by atoms with van der Waals surface area (Å²) in [7, 11) is 0. The predicted octanol–water partition coefficient (Wildman–Crippen LogP) is 10.0. The summed E-state index contributed by atoms with van der Waals surface area (Å²) >= 11 is 0. The SMILES string of the molecule is CCCCCCCCc1cnc(-c2ccc(OCC(F)COCC(F)(F)OC(F)(F)C(F)(F)OC(F)(F)C(F)(F)C(F)(F)C(F)(F)F)cc2)nc1. The molecule has 2 aromatic rings. The lowest BCUT2D eigenvalue weighted by molar-refractivity contribution is -0.543. The molecule has 6 nitrogen and oxygen atoms in total. The van der Waals surface area contributed by atoms with Gasteiger partial charge in [-0.15, -0.1) is 0 Å². The van der Waals surface area contributed by atoms with E-state index in [0.29, 0.717) is 11.4 Å². The van der Waals surface area contributed by atoms with Gasteiger partial charge in [0.1, 0.15) is 19.0 Å². The van der Waals surface area contributed by atoms with E-state index >= 15 is 0 Å². The van der Waals surface area contributed by atoms with Gasteiger partial charge in [-0.3, -0.25) is 0 Å². The van der Waals surface area contributed by atoms with E-state index in [9.17, 15) is 70.2 Å². The normalized spacial score (nSPS) is 14.5. The summed E-state index contributed by atoms with van der Waals surface area (Å²) in [6.07, 6.45) is -26.9. The summed E-state index contributed by atoms with van der Waals surface area (Å²) in [4.78, 5) is 8.58. The number of hydrogen-bond acceptors (Lipinski definition) is 6. The fraction of sp³-hybridized carbons (Fsp3) is 0.655. The van der Waals surface area contributed by atoms with Crippen molar-refractivity contribution in [3.8, 4) is 17.1 Å². The third-order valence-electron chi connectivity index (χ3n) is 6.63. The summed E-state index contributed by atoms with van der Waals surface area (Å²) < 4.78 is 223. The minimum atomic E-state index is -7.96. The van der Waals surface area contributed by atoms with Crippen LogP contribution in [0.4, 0.5) is 70.2 Å². The van der Waals surface area contributed by atoms with Crippen LogP contribution in [0.15, 0.2) is 36.7 Å². The lowest BCUT2D eigenvalue weighted by Crippen LogP contribution is -2.64. The van der Waals surface area contributed by atoms with Crippen molar-refractivity contribution in [3.63, 3.8) is 0 Å². The Bertz CT molecular complexity index is 1340. The van der Waals surface area contributed by atoms with Gasteiger partial charge >= 0.3 is 42.5 Å². The predicted molar refractivity (Wildman–Crippen MR) is 144 cm³/mol. The number of benzene rings is 1. The number of nitrogens with zero attached hydrogens (tertiary/aromatic N) is 2. The number of hydrogen-bond donors (Lipinski definition) is 0. The fourth-order valence-corrected chi connectivity index (χ4v) is 3.90. The van der Waals surface area contributed by atoms with Gasteiger partial charge in [-0.05, 0) is 42.7 Å². The van der Waals surface area contributed by atoms with E-state index in [-0.39, 0.29) is 5.75 Å². The molecule has 2 rings (SSSR count). The van der Waals surface area contributed by atoms with Crippen molar-refractivity contribution in [2.24, 2.45) is 0 Å². The lowest BCUT2D eigenvalue weighted by Gasteiger charge is -2.36. The molecule has 22 heteroatoms. The third-order valence-corrected chi connectivity index (χ3v) is 6.63. The molecule has 1 aromatic heterocycles. The van der Waals surface area contributed by atoms with Crippen molar-refractivity contribution < 1.29 is 89.2 Å². The molecule has 0 N–H and O–H groups in total. The highest BCUT2D eigenvalue weighted by Crippen LogP contribution is 2.56. The van der Waals surface area contributed by atoms with Crippen molar-refractivity contribution in [3.05, 3.63) is 42.2 Å². The first-order chi connectivity index (χ1) is 23.3. The minimum Gasteiger partial charge on any atom is -0.490 e. The molecular formula is C29H30F16N2O4. The van der Waals surface area contributed by atoms with E-state index < -0.39 is 68.4 Å². The third kappa shape index (κ3) is 11.9. The van der Waals surface area contributed by atoms with Crippen LogP contribution in [0.25, 0.3) is 11.4 Å². The van der Waals surface area contributed by atoms with E-state index in [1.54, 1.807) is 12.4 Å². The van der Waals surface area contributed by atoms with Crippen molar-refractivity contribution in [1.29, 1.82) is 0 Å². The minimum absolute atomic E-state index is 0.0343. The first-order valence-electron chi connectivity index (χ1n) is 14.8. The van der Waals surface area contributed by atoms with Crippen LogP contribution in [-0.4, -0.2) is 78.4 Å². The van der Waals surface area contributed by atoms with E-state index in [2.05, 4.69) is 26.4 Å². The highest BCUT2D eigenvalue weighted by molar-refractivity contribution is 5.55. The molecule has 0 fully saturated rings. The average molecular weight is 775 g/mol. The molecule has 51 heavy (non-hydrogen) atoms. The summed E-state index contributed by atoms with van der Waals surface area (Å²) in [6, 6.07) is 5.70. The number of aryl methyl sites for hydroxylation is 1. The molecule has 0 spiro atoms. The maximum atomic E-state index is 14.1. The molecule has 0 aliphatic rings. The second-order valence-electron chi connectivity index (χ2n) is 10.9. The molecule has 0 saturated heterocycles. The largest absolute Gasteiger partial charge is 0.490 e. The van der Waals surface area contributed by atoms with Gasteiger partial charge in [0.15, 0.2) is 12.0 Å². The van der Waals surface area contributed by atoms with Crippen molar-refractivity contribution in [2.75, 3.05) is 19.8 Å². The molecule has 0 saturated carbocycles. The molecule has 292 valence electrons. The van der Waals surface area contributed by atoms with Gasteiger partial charge in [0.05, 0.1) is 6.61 Å². The van der Waals surface area contributed by atoms with E-state index in [1.807, 2.05) is 0 Å². The number of alkyl halides is 16. The number of halogens is 16. The van der Waals surface area contributed by atoms with Gasteiger partial charge in [-0.1, -0.05) is 39.0 Å². The Kier molecular flexibility index (Phi) is 14.8. The highest BCUT2D eigenvalue weighted by atomic mass is 19.4. The molecule has 1 atom stereocenters. The summed E-state index contributed by atoms with van der Waals surface area (Å²) in [5.41, 5.74) is 1.49. The van der Waals surface area contributed by atoms with E-state index in [4.69, 9.17) is 4.74 Å². The first-order valence-corrected chi connectivity index (χ1v) is 14.8. The van der Waals surface area contributed by atoms with Gasteiger partial charge in [0.2, 0.25) is 0 Å². The zero-order valence-corrected chi connectivity index (χ0v) is 26.2. The van der Waals surface area contributed by atoms with Crippen LogP contribution in [0.1, 0.15) is 51.0 Å². The number of ether oxygens (including phenoxy) is 4. The smallest absolute Gasteiger partial charge is 0.460 e. The molecule has 0 amide bonds. The van der Waals surface area contributed by atoms with Crippen LogP contribution in [-0.2, 0) is 20.6 Å². The van der Waals surface area contributed by atoms with Crippen LogP contribution in [0.3, 0.4) is 0 Å². The maximum Gasteiger partial charge on any atom is 0.460 e. The Morgan fingerprint density at radius 1 is 0.627 bits per heavy atom. The molecule has 1 heterocycles. The Labute approximate surface area is 279 Å². The average Bonchev–Trinajstić information content (AvgIpc) is 3.00. The number of unbranched alkanes of at least 4 members (excludes halogenated alkanes) is 5. The Morgan fingerprint density at radius 2 is 1.16 bits per heavy atom. The van der Waals surface area contributed by atoms with E-state index in [1.165, 1.54) is 41.8 Å². The zero-order chi connectivity index (χ0) is 38.9. The van der Waals surface area contributed by atoms with Crippen molar-refractivity contribution in [2.45, 2.75) is 100 Å². The molecule has 0 radical (unpaired) electrons. The van der Waals surface area contributed by atoms with Crippen LogP contribution in [0.5, 0.6) is 5.75 Å². The molecule has 0 bridgehead atoms. The fourth-order valence-electron chi connectivity index (χ4n) is 3.90. The van der Waals surface area contributed by atoms with Gasteiger partial charge in [0, 0.05) is 18.0 Å². The van der Waals surface area contributed by atoms with Gasteiger partial charge in [0.25, 0.3) is 0 Å². The number of rotatable bonds is 22. The Balaban J connectivity index is 1.85. The van der Waals surface area contributed by atoms with Crippen LogP contribution >= 0.6 is 0 Å². The molecule has 1 aromatic carbocycles.